The van der Waals surface area contributed by atoms with Crippen LogP contribution in [0.3, 0.4) is 0 Å². The van der Waals surface area contributed by atoms with Gasteiger partial charge in [-0.3, -0.25) is 9.79 Å². The molecule has 2 aromatic rings. The summed E-state index contributed by atoms with van der Waals surface area (Å²) in [5.74, 6) is 0.609. The van der Waals surface area contributed by atoms with Crippen LogP contribution in [-0.4, -0.2) is 29.5 Å². The van der Waals surface area contributed by atoms with Gasteiger partial charge in [-0.2, -0.15) is 0 Å². The smallest absolute Gasteiger partial charge is 0.251 e. The highest BCUT2D eigenvalue weighted by atomic mass is 35.5. The van der Waals surface area contributed by atoms with Crippen molar-refractivity contribution in [2.24, 2.45) is 12.0 Å². The quantitative estimate of drug-likeness (QED) is 0.469. The highest BCUT2D eigenvalue weighted by Gasteiger charge is 2.10. The minimum atomic E-state index is -0.0498. The van der Waals surface area contributed by atoms with Crippen molar-refractivity contribution in [3.63, 3.8) is 0 Å². The van der Waals surface area contributed by atoms with E-state index < -0.39 is 0 Å². The zero-order valence-electron chi connectivity index (χ0n) is 16.6. The molecule has 1 heterocycles. The fourth-order valence-corrected chi connectivity index (χ4v) is 2.94. The Balaban J connectivity index is 1.87. The number of nitrogens with zero attached hydrogens (tertiary/aromatic N) is 2. The number of rotatable bonds is 7. The second kappa shape index (κ2) is 10.4. The zero-order chi connectivity index (χ0) is 20.7. The molecule has 0 aliphatic carbocycles. The summed E-state index contributed by atoms with van der Waals surface area (Å²) in [6.45, 7) is 5.16. The molecule has 2 rings (SSSR count). The molecule has 3 N–H and O–H groups in total. The molecule has 0 aliphatic rings. The van der Waals surface area contributed by atoms with Gasteiger partial charge in [0.1, 0.15) is 5.15 Å². The van der Waals surface area contributed by atoms with Crippen molar-refractivity contribution >= 4 is 35.1 Å². The third-order valence-electron chi connectivity index (χ3n) is 4.54. The molecule has 1 atom stereocenters. The number of nitrogens with one attached hydrogen (secondary N) is 3. The van der Waals surface area contributed by atoms with Crippen molar-refractivity contribution in [2.75, 3.05) is 7.05 Å². The average molecular weight is 424 g/mol. The monoisotopic (exact) mass is 423 g/mol. The first-order valence-electron chi connectivity index (χ1n) is 9.19. The first kappa shape index (κ1) is 22.1. The molecule has 1 amide bonds. The van der Waals surface area contributed by atoms with Gasteiger partial charge in [-0.25, -0.2) is 0 Å². The van der Waals surface area contributed by atoms with Gasteiger partial charge in [0.15, 0.2) is 5.96 Å². The molecule has 1 aromatic heterocycles. The number of amides is 1. The highest BCUT2D eigenvalue weighted by molar-refractivity contribution is 6.41. The van der Waals surface area contributed by atoms with Gasteiger partial charge in [0.2, 0.25) is 0 Å². The first-order chi connectivity index (χ1) is 13.3. The number of hydrogen-bond acceptors (Lipinski definition) is 2. The van der Waals surface area contributed by atoms with Crippen LogP contribution in [0.25, 0.3) is 0 Å². The molecule has 0 aliphatic heterocycles. The Labute approximate surface area is 176 Å². The zero-order valence-corrected chi connectivity index (χ0v) is 18.2. The Hall–Kier alpha value is -2.18. The van der Waals surface area contributed by atoms with Gasteiger partial charge in [0.25, 0.3) is 5.91 Å². The average Bonchev–Trinajstić information content (AvgIpc) is 2.95. The molecule has 28 heavy (non-hydrogen) atoms. The summed E-state index contributed by atoms with van der Waals surface area (Å²) >= 11 is 12.1. The topological polar surface area (TPSA) is 70.4 Å². The van der Waals surface area contributed by atoms with Crippen LogP contribution < -0.4 is 16.0 Å². The second-order valence-corrected chi connectivity index (χ2v) is 7.36. The van der Waals surface area contributed by atoms with E-state index in [1.54, 1.807) is 7.05 Å². The van der Waals surface area contributed by atoms with E-state index >= 15 is 0 Å². The van der Waals surface area contributed by atoms with Crippen LogP contribution in [0.15, 0.2) is 35.3 Å². The van der Waals surface area contributed by atoms with E-state index in [1.165, 1.54) is 0 Å². The lowest BCUT2D eigenvalue weighted by molar-refractivity contribution is 0.0939. The Morgan fingerprint density at radius 2 is 1.82 bits per heavy atom. The number of hydrogen-bond donors (Lipinski definition) is 3. The number of carbonyl (C=O) groups is 1. The summed E-state index contributed by atoms with van der Waals surface area (Å²) in [4.78, 5) is 16.4. The van der Waals surface area contributed by atoms with E-state index in [1.807, 2.05) is 55.8 Å². The molecular formula is C20H27Cl2N5O. The van der Waals surface area contributed by atoms with E-state index in [4.69, 9.17) is 23.2 Å². The van der Waals surface area contributed by atoms with Crippen LogP contribution >= 0.6 is 23.2 Å². The van der Waals surface area contributed by atoms with Crippen LogP contribution in [0.4, 0.5) is 0 Å². The van der Waals surface area contributed by atoms with E-state index in [0.29, 0.717) is 34.8 Å². The molecular weight excluding hydrogens is 397 g/mol. The van der Waals surface area contributed by atoms with Crippen molar-refractivity contribution < 1.29 is 4.79 Å². The summed E-state index contributed by atoms with van der Waals surface area (Å²) in [5.41, 5.74) is 2.66. The third kappa shape index (κ3) is 5.91. The molecule has 1 aromatic carbocycles. The fourth-order valence-electron chi connectivity index (χ4n) is 2.52. The van der Waals surface area contributed by atoms with E-state index in [2.05, 4.69) is 20.9 Å². The van der Waals surface area contributed by atoms with Crippen molar-refractivity contribution in [1.29, 1.82) is 0 Å². The molecule has 0 saturated heterocycles. The van der Waals surface area contributed by atoms with Crippen molar-refractivity contribution in [2.45, 2.75) is 39.4 Å². The summed E-state index contributed by atoms with van der Waals surface area (Å²) in [5, 5.41) is 10.5. The lowest BCUT2D eigenvalue weighted by atomic mass is 10.1. The van der Waals surface area contributed by atoms with Crippen LogP contribution in [0.2, 0.25) is 10.2 Å². The largest absolute Gasteiger partial charge is 0.352 e. The van der Waals surface area contributed by atoms with Gasteiger partial charge in [-0.1, -0.05) is 42.3 Å². The predicted octanol–water partition coefficient (Wildman–Crippen LogP) is 3.73. The van der Waals surface area contributed by atoms with Gasteiger partial charge in [-0.05, 0) is 37.1 Å². The standard InChI is InChI=1S/C20H27Cl2N5O/c1-5-13(2)26-19(28)15-8-6-14(7-9-15)11-24-20(23-3)25-12-16-10-17(21)18(22)27(16)4/h6-10,13H,5,11-12H2,1-4H3,(H,26,28)(H2,23,24,25). The minimum Gasteiger partial charge on any atom is -0.352 e. The molecule has 152 valence electrons. The molecule has 1 unspecified atom stereocenters. The summed E-state index contributed by atoms with van der Waals surface area (Å²) in [6, 6.07) is 9.52. The molecule has 0 saturated carbocycles. The molecule has 6 nitrogen and oxygen atoms in total. The number of carbonyl (C=O) groups excluding carboxylic acids is 1. The molecule has 8 heteroatoms. The summed E-state index contributed by atoms with van der Waals surface area (Å²) in [6.07, 6.45) is 0.904. The minimum absolute atomic E-state index is 0.0498. The van der Waals surface area contributed by atoms with Crippen LogP contribution in [0, 0.1) is 0 Å². The molecule has 0 bridgehead atoms. The van der Waals surface area contributed by atoms with Crippen LogP contribution in [0.5, 0.6) is 0 Å². The number of aromatic nitrogens is 1. The molecule has 0 spiro atoms. The van der Waals surface area contributed by atoms with Crippen molar-refractivity contribution in [1.82, 2.24) is 20.5 Å². The van der Waals surface area contributed by atoms with E-state index in [0.717, 1.165) is 17.7 Å². The lowest BCUT2D eigenvalue weighted by Crippen LogP contribution is -2.36. The number of aliphatic imine (C=N–C) groups is 1. The number of guanidine groups is 1. The molecule has 0 fully saturated rings. The van der Waals surface area contributed by atoms with Gasteiger partial charge in [-0.15, -0.1) is 0 Å². The second-order valence-electron chi connectivity index (χ2n) is 6.59. The number of benzene rings is 1. The van der Waals surface area contributed by atoms with Crippen LogP contribution in [-0.2, 0) is 20.1 Å². The van der Waals surface area contributed by atoms with Crippen molar-refractivity contribution in [3.8, 4) is 0 Å². The van der Waals surface area contributed by atoms with Crippen LogP contribution in [0.1, 0.15) is 41.9 Å². The predicted molar refractivity (Wildman–Crippen MR) is 116 cm³/mol. The maximum atomic E-state index is 12.1. The normalized spacial score (nSPS) is 12.6. The van der Waals surface area contributed by atoms with Gasteiger partial charge >= 0.3 is 0 Å². The maximum absolute atomic E-state index is 12.1. The Bertz CT molecular complexity index is 830. The number of halogens is 2. The third-order valence-corrected chi connectivity index (χ3v) is 5.38. The first-order valence-corrected chi connectivity index (χ1v) is 9.95. The Morgan fingerprint density at radius 3 is 2.36 bits per heavy atom. The van der Waals surface area contributed by atoms with E-state index in [9.17, 15) is 4.79 Å². The summed E-state index contributed by atoms with van der Waals surface area (Å²) < 4.78 is 1.83. The van der Waals surface area contributed by atoms with Gasteiger partial charge in [0.05, 0.1) is 11.6 Å². The van der Waals surface area contributed by atoms with E-state index in [-0.39, 0.29) is 11.9 Å². The maximum Gasteiger partial charge on any atom is 0.251 e. The van der Waals surface area contributed by atoms with Gasteiger partial charge in [0, 0.05) is 37.9 Å². The Morgan fingerprint density at radius 1 is 1.18 bits per heavy atom. The Kier molecular flexibility index (Phi) is 8.20. The SMILES string of the molecule is CCC(C)NC(=O)c1ccc(CNC(=NC)NCc2cc(Cl)c(Cl)n2C)cc1. The van der Waals surface area contributed by atoms with Crippen molar-refractivity contribution in [3.05, 3.63) is 57.3 Å². The lowest BCUT2D eigenvalue weighted by Gasteiger charge is -2.13. The highest BCUT2D eigenvalue weighted by Crippen LogP contribution is 2.24. The molecule has 0 radical (unpaired) electrons. The van der Waals surface area contributed by atoms with Gasteiger partial charge < -0.3 is 20.5 Å². The summed E-state index contributed by atoms with van der Waals surface area (Å²) in [7, 11) is 3.57. The fraction of sp³-hybridized carbons (Fsp3) is 0.400.